The van der Waals surface area contributed by atoms with Gasteiger partial charge in [0.15, 0.2) is 5.82 Å². The van der Waals surface area contributed by atoms with Gasteiger partial charge in [-0.3, -0.25) is 9.89 Å². The first-order valence-electron chi connectivity index (χ1n) is 8.06. The first-order valence-corrected chi connectivity index (χ1v) is 8.06. The summed E-state index contributed by atoms with van der Waals surface area (Å²) in [6.07, 6.45) is 0.719. The molecule has 6 nitrogen and oxygen atoms in total. The van der Waals surface area contributed by atoms with Crippen molar-refractivity contribution in [2.45, 2.75) is 25.4 Å². The molecule has 1 aliphatic carbocycles. The maximum Gasteiger partial charge on any atom is 0.226 e. The average molecular weight is 312 g/mol. The van der Waals surface area contributed by atoms with Crippen molar-refractivity contribution < 1.29 is 9.53 Å². The lowest BCUT2D eigenvalue weighted by molar-refractivity contribution is -0.140. The molecule has 23 heavy (non-hydrogen) atoms. The monoisotopic (exact) mass is 312 g/mol. The number of aromatic nitrogens is 3. The molecule has 1 saturated heterocycles. The zero-order chi connectivity index (χ0) is 15.8. The van der Waals surface area contributed by atoms with Crippen molar-refractivity contribution >= 4 is 5.91 Å². The van der Waals surface area contributed by atoms with E-state index in [9.17, 15) is 4.79 Å². The predicted molar refractivity (Wildman–Crippen MR) is 83.7 cm³/mol. The Bertz CT molecular complexity index is 700. The summed E-state index contributed by atoms with van der Waals surface area (Å²) in [6, 6.07) is 10.3. The van der Waals surface area contributed by atoms with Crippen LogP contribution in [0.25, 0.3) is 0 Å². The molecule has 0 spiro atoms. The fourth-order valence-electron chi connectivity index (χ4n) is 3.28. The molecule has 6 heteroatoms. The highest BCUT2D eigenvalue weighted by Crippen LogP contribution is 2.48. The molecule has 4 rings (SSSR count). The molecule has 2 aliphatic rings. The van der Waals surface area contributed by atoms with Gasteiger partial charge in [-0.05, 0) is 24.8 Å². The van der Waals surface area contributed by atoms with E-state index >= 15 is 0 Å². The second kappa shape index (κ2) is 5.77. The number of benzene rings is 1. The van der Waals surface area contributed by atoms with Crippen LogP contribution < -0.4 is 0 Å². The Kier molecular flexibility index (Phi) is 3.61. The molecule has 1 N–H and O–H groups in total. The summed E-state index contributed by atoms with van der Waals surface area (Å²) in [4.78, 5) is 19.0. The van der Waals surface area contributed by atoms with Gasteiger partial charge < -0.3 is 9.64 Å². The number of nitrogens with one attached hydrogen (secondary N) is 1. The number of ether oxygens (including phenoxy) is 1. The minimum atomic E-state index is -0.230. The maximum absolute atomic E-state index is 12.7. The van der Waals surface area contributed by atoms with Gasteiger partial charge >= 0.3 is 0 Å². The van der Waals surface area contributed by atoms with Gasteiger partial charge in [0.25, 0.3) is 0 Å². The summed E-state index contributed by atoms with van der Waals surface area (Å²) in [7, 11) is 0. The molecule has 2 heterocycles. The highest BCUT2D eigenvalue weighted by molar-refractivity contribution is 5.83. The van der Waals surface area contributed by atoms with Gasteiger partial charge in [0.2, 0.25) is 5.91 Å². The summed E-state index contributed by atoms with van der Waals surface area (Å²) in [6.45, 7) is 3.58. The molecular formula is C17H20N4O2. The number of H-pyrrole nitrogens is 1. The van der Waals surface area contributed by atoms with E-state index in [-0.39, 0.29) is 17.9 Å². The third kappa shape index (κ3) is 2.86. The molecule has 0 bridgehead atoms. The number of amides is 1. The number of morpholine rings is 1. The fraction of sp³-hybridized carbons (Fsp3) is 0.471. The SMILES string of the molecule is Cc1nc([C@@H]2CN(C(=O)[C@@H]3C[C@@H]3c3ccccc3)CCO2)n[nH]1. The third-order valence-electron chi connectivity index (χ3n) is 4.62. The summed E-state index contributed by atoms with van der Waals surface area (Å²) >= 11 is 0. The molecular weight excluding hydrogens is 292 g/mol. The molecule has 1 aromatic heterocycles. The zero-order valence-electron chi connectivity index (χ0n) is 13.1. The molecule has 1 saturated carbocycles. The first-order chi connectivity index (χ1) is 11.2. The Morgan fingerprint density at radius 2 is 2.17 bits per heavy atom. The number of hydrogen-bond donors (Lipinski definition) is 1. The Hall–Kier alpha value is -2.21. The van der Waals surface area contributed by atoms with Gasteiger partial charge in [0, 0.05) is 12.5 Å². The number of aryl methyl sites for hydroxylation is 1. The highest BCUT2D eigenvalue weighted by Gasteiger charge is 2.46. The topological polar surface area (TPSA) is 71.1 Å². The second-order valence-corrected chi connectivity index (χ2v) is 6.28. The molecule has 1 aliphatic heterocycles. The largest absolute Gasteiger partial charge is 0.366 e. The van der Waals surface area contributed by atoms with Crippen LogP contribution in [0.2, 0.25) is 0 Å². The first kappa shape index (κ1) is 14.4. The normalized spacial score (nSPS) is 27.0. The second-order valence-electron chi connectivity index (χ2n) is 6.28. The van der Waals surface area contributed by atoms with Crippen molar-refractivity contribution in [1.29, 1.82) is 0 Å². The molecule has 0 unspecified atom stereocenters. The van der Waals surface area contributed by atoms with Gasteiger partial charge in [-0.2, -0.15) is 5.10 Å². The molecule has 3 atom stereocenters. The van der Waals surface area contributed by atoms with E-state index in [2.05, 4.69) is 27.3 Å². The number of rotatable bonds is 3. The minimum Gasteiger partial charge on any atom is -0.366 e. The zero-order valence-corrected chi connectivity index (χ0v) is 13.1. The average Bonchev–Trinajstić information content (AvgIpc) is 3.29. The van der Waals surface area contributed by atoms with Crippen molar-refractivity contribution in [3.8, 4) is 0 Å². The number of aromatic amines is 1. The van der Waals surface area contributed by atoms with Gasteiger partial charge in [-0.15, -0.1) is 0 Å². The molecule has 1 aromatic carbocycles. The van der Waals surface area contributed by atoms with Gasteiger partial charge in [-0.25, -0.2) is 4.98 Å². The molecule has 120 valence electrons. The Morgan fingerprint density at radius 1 is 1.35 bits per heavy atom. The number of nitrogens with zero attached hydrogens (tertiary/aromatic N) is 3. The van der Waals surface area contributed by atoms with Crippen LogP contribution in [0.5, 0.6) is 0 Å². The van der Waals surface area contributed by atoms with Crippen LogP contribution in [0.15, 0.2) is 30.3 Å². The predicted octanol–water partition coefficient (Wildman–Crippen LogP) is 1.82. The van der Waals surface area contributed by atoms with E-state index in [0.717, 1.165) is 12.2 Å². The van der Waals surface area contributed by atoms with Crippen LogP contribution >= 0.6 is 0 Å². The van der Waals surface area contributed by atoms with Crippen LogP contribution in [-0.4, -0.2) is 45.7 Å². The Labute approximate surface area is 134 Å². The van der Waals surface area contributed by atoms with E-state index in [1.165, 1.54) is 5.56 Å². The Balaban J connectivity index is 1.41. The lowest BCUT2D eigenvalue weighted by atomic mass is 10.1. The van der Waals surface area contributed by atoms with Crippen LogP contribution in [0.1, 0.15) is 35.7 Å². The molecule has 2 aromatic rings. The summed E-state index contributed by atoms with van der Waals surface area (Å²) < 4.78 is 5.73. The smallest absolute Gasteiger partial charge is 0.226 e. The number of carbonyl (C=O) groups is 1. The minimum absolute atomic E-state index is 0.116. The van der Waals surface area contributed by atoms with Crippen molar-refractivity contribution in [3.05, 3.63) is 47.5 Å². The summed E-state index contributed by atoms with van der Waals surface area (Å²) in [5.74, 6) is 2.12. The summed E-state index contributed by atoms with van der Waals surface area (Å²) in [5, 5.41) is 6.99. The lowest BCUT2D eigenvalue weighted by Crippen LogP contribution is -2.43. The van der Waals surface area contributed by atoms with E-state index in [1.54, 1.807) is 0 Å². The molecule has 1 amide bonds. The molecule has 2 fully saturated rings. The van der Waals surface area contributed by atoms with Crippen molar-refractivity contribution in [2.24, 2.45) is 5.92 Å². The van der Waals surface area contributed by atoms with Crippen molar-refractivity contribution in [3.63, 3.8) is 0 Å². The van der Waals surface area contributed by atoms with Crippen LogP contribution in [0.4, 0.5) is 0 Å². The lowest BCUT2D eigenvalue weighted by Gasteiger charge is -2.31. The molecule has 0 radical (unpaired) electrons. The van der Waals surface area contributed by atoms with Crippen LogP contribution in [0.3, 0.4) is 0 Å². The number of hydrogen-bond acceptors (Lipinski definition) is 4. The van der Waals surface area contributed by atoms with E-state index in [4.69, 9.17) is 4.74 Å². The Morgan fingerprint density at radius 3 is 2.91 bits per heavy atom. The van der Waals surface area contributed by atoms with E-state index in [0.29, 0.717) is 31.4 Å². The fourth-order valence-corrected chi connectivity index (χ4v) is 3.28. The standard InChI is InChI=1S/C17H20N4O2/c1-11-18-16(20-19-11)15-10-21(7-8-23-15)17(22)14-9-13(14)12-5-3-2-4-6-12/h2-6,13-15H,7-10H2,1H3,(H,18,19,20)/t13-,14-,15+/m1/s1. The van der Waals surface area contributed by atoms with Gasteiger partial charge in [-0.1, -0.05) is 30.3 Å². The van der Waals surface area contributed by atoms with Crippen molar-refractivity contribution in [1.82, 2.24) is 20.1 Å². The third-order valence-corrected chi connectivity index (χ3v) is 4.62. The van der Waals surface area contributed by atoms with E-state index in [1.807, 2.05) is 30.0 Å². The van der Waals surface area contributed by atoms with Gasteiger partial charge in [0.1, 0.15) is 11.9 Å². The van der Waals surface area contributed by atoms with Crippen LogP contribution in [-0.2, 0) is 9.53 Å². The van der Waals surface area contributed by atoms with E-state index < -0.39 is 0 Å². The number of carbonyl (C=O) groups excluding carboxylic acids is 1. The quantitative estimate of drug-likeness (QED) is 0.938. The highest BCUT2D eigenvalue weighted by atomic mass is 16.5. The van der Waals surface area contributed by atoms with Crippen LogP contribution in [0, 0.1) is 12.8 Å². The van der Waals surface area contributed by atoms with Crippen molar-refractivity contribution in [2.75, 3.05) is 19.7 Å². The maximum atomic E-state index is 12.7. The summed E-state index contributed by atoms with van der Waals surface area (Å²) in [5.41, 5.74) is 1.26. The van der Waals surface area contributed by atoms with Gasteiger partial charge in [0.05, 0.1) is 13.2 Å².